The van der Waals surface area contributed by atoms with Gasteiger partial charge < -0.3 is 19.6 Å². The number of fused-ring (bicyclic) bond motifs is 1. The fraction of sp³-hybridized carbons (Fsp3) is 0.442. The first-order valence-electron chi connectivity index (χ1n) is 20.0. The van der Waals surface area contributed by atoms with E-state index < -0.39 is 23.8 Å². The minimum atomic E-state index is -0.981. The molecule has 3 atom stereocenters. The number of hydrogen-bond acceptors (Lipinski definition) is 9. The summed E-state index contributed by atoms with van der Waals surface area (Å²) < 4.78 is 0. The molecule has 13 nitrogen and oxygen atoms in total. The molecule has 294 valence electrons. The Labute approximate surface area is 336 Å². The van der Waals surface area contributed by atoms with Crippen LogP contribution < -0.4 is 20.0 Å². The van der Waals surface area contributed by atoms with Crippen LogP contribution in [-0.4, -0.2) is 122 Å². The first-order chi connectivity index (χ1) is 27.6. The molecule has 5 saturated heterocycles. The van der Waals surface area contributed by atoms with Crippen LogP contribution in [0.25, 0.3) is 4.85 Å². The summed E-state index contributed by atoms with van der Waals surface area (Å²) in [4.78, 5) is 80.8. The smallest absolute Gasteiger partial charge is 0.264 e. The molecule has 1 N–H and O–H groups in total. The molecule has 57 heavy (non-hydrogen) atoms. The average Bonchev–Trinajstić information content (AvgIpc) is 4.02. The van der Waals surface area contributed by atoms with Crippen LogP contribution in [0.4, 0.5) is 22.7 Å². The molecule has 2 unspecified atom stereocenters. The monoisotopic (exact) mass is 788 g/mol. The van der Waals surface area contributed by atoms with Gasteiger partial charge in [-0.1, -0.05) is 23.7 Å². The predicted octanol–water partition coefficient (Wildman–Crippen LogP) is 4.68. The summed E-state index contributed by atoms with van der Waals surface area (Å²) in [5.74, 6) is -1.45. The van der Waals surface area contributed by atoms with Gasteiger partial charge in [-0.25, -0.2) is 4.85 Å². The van der Waals surface area contributed by atoms with E-state index >= 15 is 0 Å². The van der Waals surface area contributed by atoms with E-state index in [1.165, 1.54) is 0 Å². The molecule has 9 rings (SSSR count). The van der Waals surface area contributed by atoms with E-state index in [0.717, 1.165) is 119 Å². The lowest BCUT2D eigenvalue weighted by molar-refractivity contribution is -0.136. The first-order valence-corrected chi connectivity index (χ1v) is 20.4. The summed E-state index contributed by atoms with van der Waals surface area (Å²) >= 11 is 6.33. The molecule has 3 aromatic carbocycles. The molecule has 0 aliphatic carbocycles. The number of nitrogens with zero attached hydrogens (tertiary/aromatic N) is 7. The van der Waals surface area contributed by atoms with Gasteiger partial charge in [-0.3, -0.25) is 39.1 Å². The van der Waals surface area contributed by atoms with Crippen molar-refractivity contribution >= 4 is 63.9 Å². The summed E-state index contributed by atoms with van der Waals surface area (Å²) in [6.07, 6.45) is 3.20. The number of anilines is 3. The van der Waals surface area contributed by atoms with Crippen molar-refractivity contribution < 1.29 is 24.0 Å². The fourth-order valence-electron chi connectivity index (χ4n) is 9.89. The largest absolute Gasteiger partial charge is 0.371 e. The second kappa shape index (κ2) is 14.8. The van der Waals surface area contributed by atoms with Gasteiger partial charge in [0.05, 0.1) is 23.4 Å². The highest BCUT2D eigenvalue weighted by molar-refractivity contribution is 6.33. The van der Waals surface area contributed by atoms with Gasteiger partial charge in [0.15, 0.2) is 0 Å². The normalized spacial score (nSPS) is 25.2. The first kappa shape index (κ1) is 37.1. The highest BCUT2D eigenvalue weighted by Gasteiger charge is 2.47. The lowest BCUT2D eigenvalue weighted by Gasteiger charge is -2.37. The zero-order valence-corrected chi connectivity index (χ0v) is 32.5. The van der Waals surface area contributed by atoms with Gasteiger partial charge in [0.1, 0.15) is 6.04 Å². The van der Waals surface area contributed by atoms with Gasteiger partial charge >= 0.3 is 0 Å². The minimum Gasteiger partial charge on any atom is -0.371 e. The number of amides is 5. The van der Waals surface area contributed by atoms with Crippen LogP contribution >= 0.6 is 11.6 Å². The Balaban J connectivity index is 0.756. The molecule has 14 heteroatoms. The molecule has 6 heterocycles. The van der Waals surface area contributed by atoms with Gasteiger partial charge in [0.2, 0.25) is 17.5 Å². The van der Waals surface area contributed by atoms with Crippen LogP contribution in [0.1, 0.15) is 63.2 Å². The summed E-state index contributed by atoms with van der Waals surface area (Å²) in [7, 11) is 0. The molecule has 6 aliphatic heterocycles. The molecular formula is C43H45ClN8O5. The van der Waals surface area contributed by atoms with E-state index in [1.54, 1.807) is 18.2 Å². The molecule has 5 amide bonds. The number of rotatable bonds is 7. The number of hydrogen-bond donors (Lipinski definition) is 1. The summed E-state index contributed by atoms with van der Waals surface area (Å²) in [5, 5.41) is 2.74. The SMILES string of the molecule is [C-]#[N+]c1ccc(N2CCC3(CCN(C(=O)c4ccc(N5CCN(C[C@H]6CCN(c7cccc8c7C(=O)N(C7CCC(=O)NC7=O)C8=O)C6)CC5)cc4)C3)C2)cc1Cl. The third-order valence-electron chi connectivity index (χ3n) is 13.0. The molecule has 3 aromatic rings. The quantitative estimate of drug-likeness (QED) is 0.269. The molecule has 6 aliphatic rings. The molecule has 0 radical (unpaired) electrons. The zero-order chi connectivity index (χ0) is 39.4. The molecule has 0 saturated carbocycles. The maximum absolute atomic E-state index is 13.7. The summed E-state index contributed by atoms with van der Waals surface area (Å²) in [6, 6.07) is 18.1. The summed E-state index contributed by atoms with van der Waals surface area (Å²) in [5.41, 5.74) is 4.80. The average molecular weight is 789 g/mol. The van der Waals surface area contributed by atoms with E-state index in [1.807, 2.05) is 35.2 Å². The van der Waals surface area contributed by atoms with E-state index in [2.05, 4.69) is 41.9 Å². The Hall–Kier alpha value is -5.45. The second-order valence-corrected chi connectivity index (χ2v) is 16.9. The number of piperazine rings is 1. The third kappa shape index (κ3) is 6.89. The molecule has 5 fully saturated rings. The van der Waals surface area contributed by atoms with Crippen molar-refractivity contribution in [1.82, 2.24) is 20.0 Å². The van der Waals surface area contributed by atoms with Gasteiger partial charge in [-0.2, -0.15) is 0 Å². The molecular weight excluding hydrogens is 744 g/mol. The number of benzene rings is 3. The Bertz CT molecular complexity index is 2200. The van der Waals surface area contributed by atoms with Gasteiger partial charge in [-0.15, -0.1) is 0 Å². The van der Waals surface area contributed by atoms with Crippen molar-refractivity contribution in [3.05, 3.63) is 93.8 Å². The lowest BCUT2D eigenvalue weighted by atomic mass is 9.86. The highest BCUT2D eigenvalue weighted by atomic mass is 35.5. The lowest BCUT2D eigenvalue weighted by Crippen LogP contribution is -2.54. The number of halogens is 1. The minimum absolute atomic E-state index is 0.0688. The Kier molecular flexibility index (Phi) is 9.65. The van der Waals surface area contributed by atoms with E-state index in [4.69, 9.17) is 18.2 Å². The van der Waals surface area contributed by atoms with Crippen molar-refractivity contribution in [2.75, 3.05) is 86.7 Å². The van der Waals surface area contributed by atoms with Gasteiger partial charge in [-0.05, 0) is 80.1 Å². The summed E-state index contributed by atoms with van der Waals surface area (Å²) in [6.45, 7) is 16.7. The number of likely N-dealkylation sites (tertiary alicyclic amines) is 1. The standard InChI is InChI=1S/C43H45ClN8O5/c1-45-34-10-9-31(23-33(34)44)50-17-14-43(26-50)15-18-51(27-43)40(55)29-5-7-30(8-6-29)48-21-19-47(20-22-48)24-28-13-16-49(25-28)35-4-2-3-32-38(35)42(57)52(41(32)56)36-11-12-37(53)46-39(36)54/h2-10,23,28,36H,11-22,24-27H2,(H,46,53,54)/t28-,36?,43?/m1/s1. The van der Waals surface area contributed by atoms with Crippen molar-refractivity contribution in [3.8, 4) is 0 Å². The number of carbonyl (C=O) groups is 5. The van der Waals surface area contributed by atoms with Crippen molar-refractivity contribution in [3.63, 3.8) is 0 Å². The van der Waals surface area contributed by atoms with Gasteiger partial charge in [0.25, 0.3) is 17.7 Å². The van der Waals surface area contributed by atoms with E-state index in [9.17, 15) is 24.0 Å². The number of piperidine rings is 1. The Morgan fingerprint density at radius 3 is 2.35 bits per heavy atom. The van der Waals surface area contributed by atoms with E-state index in [-0.39, 0.29) is 30.1 Å². The zero-order valence-electron chi connectivity index (χ0n) is 31.8. The topological polar surface area (TPSA) is 121 Å². The fourth-order valence-corrected chi connectivity index (χ4v) is 10.1. The second-order valence-electron chi connectivity index (χ2n) is 16.5. The van der Waals surface area contributed by atoms with Crippen molar-refractivity contribution in [2.24, 2.45) is 11.3 Å². The Morgan fingerprint density at radius 1 is 0.825 bits per heavy atom. The molecule has 0 bridgehead atoms. The number of imide groups is 2. The maximum Gasteiger partial charge on any atom is 0.264 e. The van der Waals surface area contributed by atoms with Gasteiger partial charge in [0, 0.05) is 106 Å². The van der Waals surface area contributed by atoms with Crippen LogP contribution in [-0.2, 0) is 9.59 Å². The van der Waals surface area contributed by atoms with Crippen molar-refractivity contribution in [2.45, 2.75) is 38.1 Å². The Morgan fingerprint density at radius 2 is 1.60 bits per heavy atom. The van der Waals surface area contributed by atoms with Crippen LogP contribution in [0.2, 0.25) is 5.02 Å². The molecule has 1 spiro atoms. The van der Waals surface area contributed by atoms with Crippen LogP contribution in [0.15, 0.2) is 60.7 Å². The van der Waals surface area contributed by atoms with Crippen LogP contribution in [0.5, 0.6) is 0 Å². The maximum atomic E-state index is 13.7. The number of carbonyl (C=O) groups excluding carboxylic acids is 5. The highest BCUT2D eigenvalue weighted by Crippen LogP contribution is 2.43. The van der Waals surface area contributed by atoms with Crippen LogP contribution in [0.3, 0.4) is 0 Å². The molecule has 0 aromatic heterocycles. The predicted molar refractivity (Wildman–Crippen MR) is 216 cm³/mol. The van der Waals surface area contributed by atoms with Crippen molar-refractivity contribution in [1.29, 1.82) is 0 Å². The van der Waals surface area contributed by atoms with Crippen LogP contribution in [0, 0.1) is 17.9 Å². The van der Waals surface area contributed by atoms with E-state index in [0.29, 0.717) is 27.8 Å². The number of nitrogens with one attached hydrogen (secondary N) is 1. The third-order valence-corrected chi connectivity index (χ3v) is 13.3.